The van der Waals surface area contributed by atoms with Gasteiger partial charge in [0.25, 0.3) is 0 Å². The van der Waals surface area contributed by atoms with Crippen LogP contribution < -0.4 is 0 Å². The van der Waals surface area contributed by atoms with Gasteiger partial charge in [-0.1, -0.05) is 23.4 Å². The van der Waals surface area contributed by atoms with Gasteiger partial charge in [-0.15, -0.1) is 10.2 Å². The second-order valence-corrected chi connectivity index (χ2v) is 5.09. The first-order chi connectivity index (χ1) is 7.25. The lowest BCUT2D eigenvalue weighted by molar-refractivity contribution is 0.1000. The van der Waals surface area contributed by atoms with Gasteiger partial charge < -0.3 is 4.74 Å². The fourth-order valence-corrected chi connectivity index (χ4v) is 2.71. The standard InChI is InChI=1S/C8H9Cl2N3OS/c9-6-7(11-8(10)13-12-6)15-5-1-3-14-4-2-5/h5H,1-4H2. The number of aromatic nitrogens is 3. The molecule has 1 aliphatic heterocycles. The Morgan fingerprint density at radius 3 is 2.67 bits per heavy atom. The first-order valence-electron chi connectivity index (χ1n) is 4.56. The Morgan fingerprint density at radius 2 is 1.93 bits per heavy atom. The van der Waals surface area contributed by atoms with Crippen molar-refractivity contribution in [2.24, 2.45) is 0 Å². The number of thioether (sulfide) groups is 1. The summed E-state index contributed by atoms with van der Waals surface area (Å²) < 4.78 is 5.27. The summed E-state index contributed by atoms with van der Waals surface area (Å²) in [7, 11) is 0. The Balaban J connectivity index is 2.05. The van der Waals surface area contributed by atoms with E-state index in [-0.39, 0.29) is 5.28 Å². The van der Waals surface area contributed by atoms with Crippen molar-refractivity contribution in [3.8, 4) is 0 Å². The highest BCUT2D eigenvalue weighted by molar-refractivity contribution is 8.00. The van der Waals surface area contributed by atoms with Gasteiger partial charge in [-0.2, -0.15) is 0 Å². The molecule has 0 radical (unpaired) electrons. The zero-order valence-electron chi connectivity index (χ0n) is 7.82. The molecular weight excluding hydrogens is 257 g/mol. The SMILES string of the molecule is Clc1nnc(Cl)c(SC2CCOCC2)n1. The minimum Gasteiger partial charge on any atom is -0.381 e. The Morgan fingerprint density at radius 1 is 1.20 bits per heavy atom. The summed E-state index contributed by atoms with van der Waals surface area (Å²) in [5.74, 6) is 0. The van der Waals surface area contributed by atoms with Crippen LogP contribution in [0.1, 0.15) is 12.8 Å². The van der Waals surface area contributed by atoms with Gasteiger partial charge in [0.2, 0.25) is 5.28 Å². The summed E-state index contributed by atoms with van der Waals surface area (Å²) in [5.41, 5.74) is 0. The van der Waals surface area contributed by atoms with Crippen LogP contribution in [-0.2, 0) is 4.74 Å². The third-order valence-electron chi connectivity index (χ3n) is 2.04. The predicted octanol–water partition coefficient (Wildman–Crippen LogP) is 2.45. The summed E-state index contributed by atoms with van der Waals surface area (Å²) in [6.07, 6.45) is 2.01. The Bertz CT molecular complexity index is 347. The Labute approximate surface area is 102 Å². The fourth-order valence-electron chi connectivity index (χ4n) is 1.31. The molecule has 1 saturated heterocycles. The van der Waals surface area contributed by atoms with Crippen LogP contribution in [0.15, 0.2) is 5.03 Å². The van der Waals surface area contributed by atoms with E-state index in [0.717, 1.165) is 26.1 Å². The molecule has 1 aromatic rings. The molecule has 0 unspecified atom stereocenters. The number of rotatable bonds is 2. The van der Waals surface area contributed by atoms with Gasteiger partial charge in [0.15, 0.2) is 5.15 Å². The van der Waals surface area contributed by atoms with Crippen molar-refractivity contribution in [2.45, 2.75) is 23.1 Å². The van der Waals surface area contributed by atoms with Crippen LogP contribution in [0.5, 0.6) is 0 Å². The van der Waals surface area contributed by atoms with Gasteiger partial charge >= 0.3 is 0 Å². The van der Waals surface area contributed by atoms with Gasteiger partial charge in [0.1, 0.15) is 5.03 Å². The van der Waals surface area contributed by atoms with Crippen molar-refractivity contribution in [2.75, 3.05) is 13.2 Å². The number of ether oxygens (including phenoxy) is 1. The molecule has 2 heterocycles. The summed E-state index contributed by atoms with van der Waals surface area (Å²) in [4.78, 5) is 4.05. The Kier molecular flexibility index (Phi) is 4.02. The number of hydrogen-bond acceptors (Lipinski definition) is 5. The smallest absolute Gasteiger partial charge is 0.244 e. The third kappa shape index (κ3) is 3.17. The first-order valence-corrected chi connectivity index (χ1v) is 6.19. The van der Waals surface area contributed by atoms with Gasteiger partial charge in [0, 0.05) is 18.5 Å². The molecule has 0 aliphatic carbocycles. The van der Waals surface area contributed by atoms with Crippen LogP contribution >= 0.6 is 35.0 Å². The van der Waals surface area contributed by atoms with Gasteiger partial charge in [0.05, 0.1) is 0 Å². The highest BCUT2D eigenvalue weighted by Crippen LogP contribution is 2.31. The number of halogens is 2. The molecule has 0 amide bonds. The van der Waals surface area contributed by atoms with Crippen LogP contribution in [0.4, 0.5) is 0 Å². The van der Waals surface area contributed by atoms with E-state index in [0.29, 0.717) is 15.4 Å². The summed E-state index contributed by atoms with van der Waals surface area (Å²) in [6, 6.07) is 0. The molecule has 4 nitrogen and oxygen atoms in total. The van der Waals surface area contributed by atoms with E-state index in [1.54, 1.807) is 11.8 Å². The average Bonchev–Trinajstić information content (AvgIpc) is 2.25. The topological polar surface area (TPSA) is 47.9 Å². The van der Waals surface area contributed by atoms with Crippen molar-refractivity contribution in [3.63, 3.8) is 0 Å². The zero-order valence-corrected chi connectivity index (χ0v) is 10.1. The summed E-state index contributed by atoms with van der Waals surface area (Å²) >= 11 is 13.1. The van der Waals surface area contributed by atoms with Crippen LogP contribution in [0.25, 0.3) is 0 Å². The predicted molar refractivity (Wildman–Crippen MR) is 59.5 cm³/mol. The molecular formula is C8H9Cl2N3OS. The molecule has 7 heteroatoms. The highest BCUT2D eigenvalue weighted by Gasteiger charge is 2.18. The van der Waals surface area contributed by atoms with Gasteiger partial charge in [-0.05, 0) is 24.4 Å². The minimum atomic E-state index is 0.133. The first kappa shape index (κ1) is 11.4. The average molecular weight is 266 g/mol. The molecule has 0 bridgehead atoms. The maximum atomic E-state index is 5.87. The second-order valence-electron chi connectivity index (χ2n) is 3.11. The van der Waals surface area contributed by atoms with Crippen molar-refractivity contribution in [3.05, 3.63) is 10.4 Å². The number of hydrogen-bond donors (Lipinski definition) is 0. The molecule has 0 aromatic carbocycles. The van der Waals surface area contributed by atoms with Crippen molar-refractivity contribution in [1.82, 2.24) is 15.2 Å². The Hall–Kier alpha value is -0.100. The molecule has 0 N–H and O–H groups in total. The third-order valence-corrected chi connectivity index (χ3v) is 3.88. The molecule has 1 aliphatic rings. The molecule has 0 saturated carbocycles. The van der Waals surface area contributed by atoms with E-state index >= 15 is 0 Å². The monoisotopic (exact) mass is 265 g/mol. The van der Waals surface area contributed by atoms with Crippen LogP contribution in [0.3, 0.4) is 0 Å². The molecule has 1 fully saturated rings. The molecule has 82 valence electrons. The molecule has 0 spiro atoms. The quantitative estimate of drug-likeness (QED) is 0.822. The molecule has 15 heavy (non-hydrogen) atoms. The second kappa shape index (κ2) is 5.30. The summed E-state index contributed by atoms with van der Waals surface area (Å²) in [5, 5.41) is 8.86. The van der Waals surface area contributed by atoms with Gasteiger partial charge in [-0.3, -0.25) is 0 Å². The van der Waals surface area contributed by atoms with Crippen LogP contribution in [0, 0.1) is 0 Å². The van der Waals surface area contributed by atoms with E-state index in [2.05, 4.69) is 15.2 Å². The van der Waals surface area contributed by atoms with E-state index in [1.165, 1.54) is 0 Å². The molecule has 0 atom stereocenters. The highest BCUT2D eigenvalue weighted by atomic mass is 35.5. The van der Waals surface area contributed by atoms with E-state index in [4.69, 9.17) is 27.9 Å². The van der Waals surface area contributed by atoms with Crippen LogP contribution in [0.2, 0.25) is 10.4 Å². The van der Waals surface area contributed by atoms with Crippen molar-refractivity contribution >= 4 is 35.0 Å². The largest absolute Gasteiger partial charge is 0.381 e. The normalized spacial score (nSPS) is 18.0. The molecule has 1 aromatic heterocycles. The van der Waals surface area contributed by atoms with Gasteiger partial charge in [-0.25, -0.2) is 4.98 Å². The van der Waals surface area contributed by atoms with E-state index < -0.39 is 0 Å². The lowest BCUT2D eigenvalue weighted by Crippen LogP contribution is -2.17. The lowest BCUT2D eigenvalue weighted by atomic mass is 10.2. The van der Waals surface area contributed by atoms with E-state index in [1.807, 2.05) is 0 Å². The fraction of sp³-hybridized carbons (Fsp3) is 0.625. The van der Waals surface area contributed by atoms with Crippen LogP contribution in [-0.4, -0.2) is 33.6 Å². The van der Waals surface area contributed by atoms with Crippen molar-refractivity contribution < 1.29 is 4.74 Å². The maximum Gasteiger partial charge on any atom is 0.244 e. The minimum absolute atomic E-state index is 0.133. The lowest BCUT2D eigenvalue weighted by Gasteiger charge is -2.20. The maximum absolute atomic E-state index is 5.87. The molecule has 2 rings (SSSR count). The van der Waals surface area contributed by atoms with E-state index in [9.17, 15) is 0 Å². The van der Waals surface area contributed by atoms with Crippen molar-refractivity contribution in [1.29, 1.82) is 0 Å². The zero-order chi connectivity index (χ0) is 10.7. The summed E-state index contributed by atoms with van der Waals surface area (Å²) in [6.45, 7) is 1.59. The number of nitrogens with zero attached hydrogens (tertiary/aromatic N) is 3.